The third-order valence-electron chi connectivity index (χ3n) is 0. The molecule has 1 N–H and O–H groups in total. The van der Waals surface area contributed by atoms with Crippen LogP contribution >= 0.6 is 8.69 Å². The number of hydrogen-bond donors (Lipinski definition) is 1. The molecule has 1 atom stereocenters. The van der Waals surface area contributed by atoms with Crippen LogP contribution in [-0.4, -0.2) is 4.89 Å². The average molecular weight is 249 g/mol. The van der Waals surface area contributed by atoms with E-state index in [0.29, 0.717) is 0 Å². The molecule has 0 aliphatic rings. The minimum absolute atomic E-state index is 0. The Morgan fingerprint density at radius 2 is 1.75 bits per heavy atom. The molecule has 0 fully saturated rings. The van der Waals surface area contributed by atoms with Gasteiger partial charge in [0.1, 0.15) is 0 Å². The van der Waals surface area contributed by atoms with Crippen LogP contribution in [0.2, 0.25) is 0 Å². The number of rotatable bonds is 0. The Balaban J connectivity index is 0. The second kappa shape index (κ2) is 9.26. The fourth-order valence-electron chi connectivity index (χ4n) is 0. The molecular weight excluding hydrogens is 247 g/mol. The van der Waals surface area contributed by atoms with Gasteiger partial charge in [-0.05, 0) is 4.57 Å². The minimum atomic E-state index is -1.17. The molecule has 1 unspecified atom stereocenters. The van der Waals surface area contributed by atoms with E-state index in [0.717, 1.165) is 0 Å². The van der Waals surface area contributed by atoms with Gasteiger partial charge in [-0.25, -0.2) is 0 Å². The summed E-state index contributed by atoms with van der Waals surface area (Å²) in [5, 5.41) is 0. The average Bonchev–Trinajstić information content (AvgIpc) is 0.918. The molecule has 0 saturated heterocycles. The van der Waals surface area contributed by atoms with Crippen LogP contribution in [0, 0.1) is 0 Å². The van der Waals surface area contributed by atoms with Gasteiger partial charge in [-0.1, -0.05) is 0 Å². The van der Waals surface area contributed by atoms with Crippen molar-refractivity contribution in [1.29, 1.82) is 0 Å². The second-order valence-corrected chi connectivity index (χ2v) is 0.274. The number of hydrogen-bond acceptors (Lipinski definition) is 1. The van der Waals surface area contributed by atoms with E-state index in [1.54, 1.807) is 0 Å². The summed E-state index contributed by atoms with van der Waals surface area (Å²) in [5.74, 6) is 0. The molecule has 0 aromatic rings. The van der Waals surface area contributed by atoms with Gasteiger partial charge in [0, 0.05) is 21.1 Å². The summed E-state index contributed by atoms with van der Waals surface area (Å²) in [6, 6.07) is 0. The zero-order chi connectivity index (χ0) is 2.71. The van der Waals surface area contributed by atoms with Crippen molar-refractivity contribution in [2.24, 2.45) is 0 Å². The summed E-state index contributed by atoms with van der Waals surface area (Å²) >= 11 is 0. The van der Waals surface area contributed by atoms with Gasteiger partial charge in [-0.3, -0.25) is 0 Å². The molecule has 0 rings (SSSR count). The van der Waals surface area contributed by atoms with E-state index in [1.807, 2.05) is 0 Å². The third-order valence-corrected chi connectivity index (χ3v) is 0. The molecule has 2 nitrogen and oxygen atoms in total. The van der Waals surface area contributed by atoms with E-state index >= 15 is 0 Å². The van der Waals surface area contributed by atoms with Crippen molar-refractivity contribution in [2.45, 2.75) is 0 Å². The monoisotopic (exact) mass is 249 g/mol. The zero-order valence-electron chi connectivity index (χ0n) is 1.76. The standard InChI is InChI=1S/HO2P.W/c1-3-2;/h3H;/p+1. The van der Waals surface area contributed by atoms with Crippen molar-refractivity contribution in [3.05, 3.63) is 0 Å². The fourth-order valence-corrected chi connectivity index (χ4v) is 0. The van der Waals surface area contributed by atoms with Crippen LogP contribution in [-0.2, 0) is 25.6 Å². The molecule has 0 saturated carbocycles. The molecule has 0 amide bonds. The van der Waals surface area contributed by atoms with E-state index in [4.69, 9.17) is 9.46 Å². The van der Waals surface area contributed by atoms with Gasteiger partial charge in [-0.15, -0.1) is 0 Å². The van der Waals surface area contributed by atoms with Crippen LogP contribution in [0.4, 0.5) is 0 Å². The van der Waals surface area contributed by atoms with E-state index < -0.39 is 8.69 Å². The van der Waals surface area contributed by atoms with Gasteiger partial charge in [0.05, 0.1) is 0 Å². The predicted molar refractivity (Wildman–Crippen MR) is 11.2 cm³/mol. The van der Waals surface area contributed by atoms with Crippen LogP contribution in [0.15, 0.2) is 0 Å². The van der Waals surface area contributed by atoms with Crippen LogP contribution in [0.5, 0.6) is 0 Å². The molecule has 0 aromatic heterocycles. The van der Waals surface area contributed by atoms with E-state index in [2.05, 4.69) is 0 Å². The Labute approximate surface area is 39.8 Å². The normalized spacial score (nSPS) is 5.25. The Morgan fingerprint density at radius 3 is 1.75 bits per heavy atom. The maximum absolute atomic E-state index is 8.51. The topological polar surface area (TPSA) is 37.3 Å². The molecular formula is H2O2PW+. The molecule has 24 valence electrons. The molecule has 4 heteroatoms. The summed E-state index contributed by atoms with van der Waals surface area (Å²) in [5.41, 5.74) is 0. The predicted octanol–water partition coefficient (Wildman–Crippen LogP) is -0.0848. The maximum atomic E-state index is 8.51. The smallest absolute Gasteiger partial charge is 0.162 e. The molecule has 4 heavy (non-hydrogen) atoms. The largest absolute Gasteiger partial charge is 0.491 e. The molecule has 0 heterocycles. The Kier molecular flexibility index (Phi) is 20.5. The zero-order valence-corrected chi connectivity index (χ0v) is 5.70. The van der Waals surface area contributed by atoms with Crippen LogP contribution in [0.25, 0.3) is 0 Å². The van der Waals surface area contributed by atoms with Gasteiger partial charge in [-0.2, -0.15) is 4.89 Å². The maximum Gasteiger partial charge on any atom is 0.491 e. The van der Waals surface area contributed by atoms with Crippen LogP contribution in [0.3, 0.4) is 0 Å². The van der Waals surface area contributed by atoms with Crippen LogP contribution < -0.4 is 0 Å². The summed E-state index contributed by atoms with van der Waals surface area (Å²) in [6.45, 7) is 0. The minimum Gasteiger partial charge on any atom is -0.162 e. The molecule has 0 aromatic carbocycles. The first-order valence-corrected chi connectivity index (χ1v) is 1.28. The first-order valence-electron chi connectivity index (χ1n) is 0.428. The van der Waals surface area contributed by atoms with Gasteiger partial charge in [0.15, 0.2) is 0 Å². The second-order valence-electron chi connectivity index (χ2n) is 0.0913. The third kappa shape index (κ3) is 15.0. The molecule has 0 radical (unpaired) electrons. The summed E-state index contributed by atoms with van der Waals surface area (Å²) in [7, 11) is -1.17. The van der Waals surface area contributed by atoms with Gasteiger partial charge in [0.25, 0.3) is 0 Å². The van der Waals surface area contributed by atoms with Crippen molar-refractivity contribution in [3.8, 4) is 0 Å². The van der Waals surface area contributed by atoms with Gasteiger partial charge < -0.3 is 0 Å². The Morgan fingerprint density at radius 1 is 1.75 bits per heavy atom. The first kappa shape index (κ1) is 8.83. The SMILES string of the molecule is O=[PH+]O.[W]. The van der Waals surface area contributed by atoms with Crippen molar-refractivity contribution in [3.63, 3.8) is 0 Å². The van der Waals surface area contributed by atoms with Crippen molar-refractivity contribution < 1.29 is 30.5 Å². The fraction of sp³-hybridized carbons (Fsp3) is 0. The molecule has 0 aliphatic heterocycles. The molecule has 0 spiro atoms. The van der Waals surface area contributed by atoms with Gasteiger partial charge >= 0.3 is 8.69 Å². The Hall–Kier alpha value is 0.748. The quantitative estimate of drug-likeness (QED) is 0.609. The van der Waals surface area contributed by atoms with E-state index in [-0.39, 0.29) is 21.1 Å². The molecule has 0 aliphatic carbocycles. The van der Waals surface area contributed by atoms with E-state index in [1.165, 1.54) is 0 Å². The Bertz CT molecular complexity index is 13.5. The summed E-state index contributed by atoms with van der Waals surface area (Å²) in [6.07, 6.45) is 0. The summed E-state index contributed by atoms with van der Waals surface area (Å²) in [4.78, 5) is 7.04. The summed E-state index contributed by atoms with van der Waals surface area (Å²) < 4.78 is 8.51. The molecule has 0 bridgehead atoms. The van der Waals surface area contributed by atoms with Crippen LogP contribution in [0.1, 0.15) is 0 Å². The van der Waals surface area contributed by atoms with Gasteiger partial charge in [0.2, 0.25) is 0 Å². The van der Waals surface area contributed by atoms with Crippen molar-refractivity contribution in [2.75, 3.05) is 0 Å². The van der Waals surface area contributed by atoms with E-state index in [9.17, 15) is 0 Å². The van der Waals surface area contributed by atoms with Crippen molar-refractivity contribution >= 4 is 8.69 Å². The first-order chi connectivity index (χ1) is 1.41. The van der Waals surface area contributed by atoms with Crippen molar-refractivity contribution in [1.82, 2.24) is 0 Å².